The number of aliphatic imine (C=N–C) groups is 1. The van der Waals surface area contributed by atoms with Gasteiger partial charge in [0.25, 0.3) is 0 Å². The number of halogens is 3. The Kier molecular flexibility index (Phi) is 11.0. The van der Waals surface area contributed by atoms with Gasteiger partial charge < -0.3 is 15.2 Å². The summed E-state index contributed by atoms with van der Waals surface area (Å²) in [7, 11) is 0. The van der Waals surface area contributed by atoms with E-state index in [9.17, 15) is 4.39 Å². The third-order valence-corrected chi connectivity index (χ3v) is 5.67. The molecule has 1 aliphatic rings. The van der Waals surface area contributed by atoms with Gasteiger partial charge in [-0.2, -0.15) is 0 Å². The zero-order valence-corrected chi connectivity index (χ0v) is 21.2. The van der Waals surface area contributed by atoms with Crippen LogP contribution in [0.4, 0.5) is 4.39 Å². The summed E-state index contributed by atoms with van der Waals surface area (Å²) in [5.41, 5.74) is 0.540. The fourth-order valence-corrected chi connectivity index (χ4v) is 4.11. The Bertz CT molecular complexity index is 819. The number of nitrogens with zero attached hydrogens (tertiary/aromatic N) is 5. The van der Waals surface area contributed by atoms with Crippen LogP contribution in [0.2, 0.25) is 5.02 Å². The highest BCUT2D eigenvalue weighted by atomic mass is 127. The summed E-state index contributed by atoms with van der Waals surface area (Å²) in [6, 6.07) is 4.69. The van der Waals surface area contributed by atoms with Crippen molar-refractivity contribution in [1.29, 1.82) is 0 Å². The van der Waals surface area contributed by atoms with Gasteiger partial charge in [-0.15, -0.1) is 34.2 Å². The molecule has 0 aliphatic carbocycles. The predicted octanol–water partition coefficient (Wildman–Crippen LogP) is 3.64. The predicted molar refractivity (Wildman–Crippen MR) is 134 cm³/mol. The van der Waals surface area contributed by atoms with Gasteiger partial charge in [0.2, 0.25) is 0 Å². The smallest absolute Gasteiger partial charge is 0.191 e. The Morgan fingerprint density at radius 3 is 2.71 bits per heavy atom. The second kappa shape index (κ2) is 13.2. The van der Waals surface area contributed by atoms with Crippen LogP contribution in [0, 0.1) is 5.82 Å². The number of aryl methyl sites for hydroxylation is 1. The molecule has 1 aromatic heterocycles. The standard InChI is InChI=1S/C21H31ClFN7.HI/c1-3-19-28-27-15-30(19)13-10-25-21(24-4-2)26-14-18(29-11-5-6-12-29)20-16(22)8-7-9-17(20)23;/h7-9,15,18H,3-6,10-14H2,1-2H3,(H2,24,25,26);1H. The number of hydrogen-bond acceptors (Lipinski definition) is 4. The zero-order chi connectivity index (χ0) is 21.3. The molecule has 31 heavy (non-hydrogen) atoms. The molecule has 1 aromatic carbocycles. The molecule has 0 radical (unpaired) electrons. The molecule has 10 heteroatoms. The minimum absolute atomic E-state index is 0. The second-order valence-electron chi connectivity index (χ2n) is 7.33. The molecule has 1 fully saturated rings. The fourth-order valence-electron chi connectivity index (χ4n) is 3.83. The molecule has 0 amide bonds. The van der Waals surface area contributed by atoms with Crippen LogP contribution in [0.1, 0.15) is 44.1 Å². The van der Waals surface area contributed by atoms with Crippen molar-refractivity contribution in [3.8, 4) is 0 Å². The maximum atomic E-state index is 14.7. The highest BCUT2D eigenvalue weighted by Gasteiger charge is 2.27. The summed E-state index contributed by atoms with van der Waals surface area (Å²) >= 11 is 6.39. The minimum Gasteiger partial charge on any atom is -0.357 e. The molecular weight excluding hydrogens is 532 g/mol. The largest absolute Gasteiger partial charge is 0.357 e. The van der Waals surface area contributed by atoms with Crippen LogP contribution in [0.3, 0.4) is 0 Å². The summed E-state index contributed by atoms with van der Waals surface area (Å²) in [5, 5.41) is 15.2. The van der Waals surface area contributed by atoms with Crippen molar-refractivity contribution in [3.05, 3.63) is 46.8 Å². The Hall–Kier alpha value is -1.46. The molecule has 0 bridgehead atoms. The number of aromatic nitrogens is 3. The van der Waals surface area contributed by atoms with Gasteiger partial charge >= 0.3 is 0 Å². The van der Waals surface area contributed by atoms with Crippen molar-refractivity contribution in [3.63, 3.8) is 0 Å². The topological polar surface area (TPSA) is 70.4 Å². The lowest BCUT2D eigenvalue weighted by molar-refractivity contribution is 0.246. The molecule has 2 heterocycles. The molecule has 7 nitrogen and oxygen atoms in total. The van der Waals surface area contributed by atoms with Gasteiger partial charge in [-0.25, -0.2) is 4.39 Å². The maximum absolute atomic E-state index is 14.7. The van der Waals surface area contributed by atoms with Gasteiger partial charge in [0, 0.05) is 36.6 Å². The first-order valence-electron chi connectivity index (χ1n) is 10.7. The molecule has 1 aliphatic heterocycles. The van der Waals surface area contributed by atoms with Crippen molar-refractivity contribution in [2.24, 2.45) is 4.99 Å². The number of guanidine groups is 1. The van der Waals surface area contributed by atoms with E-state index < -0.39 is 0 Å². The average Bonchev–Trinajstić information content (AvgIpc) is 3.42. The Morgan fingerprint density at radius 2 is 2.03 bits per heavy atom. The van der Waals surface area contributed by atoms with E-state index in [2.05, 4.69) is 32.7 Å². The fraction of sp³-hybridized carbons (Fsp3) is 0.571. The lowest BCUT2D eigenvalue weighted by Crippen LogP contribution is -2.40. The molecule has 0 spiro atoms. The van der Waals surface area contributed by atoms with Crippen molar-refractivity contribution in [2.45, 2.75) is 45.7 Å². The van der Waals surface area contributed by atoms with Gasteiger partial charge in [-0.1, -0.05) is 24.6 Å². The summed E-state index contributed by atoms with van der Waals surface area (Å²) in [4.78, 5) is 7.05. The summed E-state index contributed by atoms with van der Waals surface area (Å²) < 4.78 is 16.7. The van der Waals surface area contributed by atoms with E-state index in [-0.39, 0.29) is 35.8 Å². The van der Waals surface area contributed by atoms with E-state index in [0.717, 1.165) is 51.3 Å². The van der Waals surface area contributed by atoms with Crippen LogP contribution >= 0.6 is 35.6 Å². The molecule has 1 saturated heterocycles. The Labute approximate surface area is 205 Å². The highest BCUT2D eigenvalue weighted by molar-refractivity contribution is 14.0. The number of rotatable bonds is 9. The number of nitrogens with one attached hydrogen (secondary N) is 2. The number of hydrogen-bond donors (Lipinski definition) is 2. The van der Waals surface area contributed by atoms with Crippen molar-refractivity contribution >= 4 is 41.5 Å². The van der Waals surface area contributed by atoms with Gasteiger partial charge in [0.05, 0.1) is 12.6 Å². The summed E-state index contributed by atoms with van der Waals surface area (Å²) in [6.07, 6.45) is 4.82. The second-order valence-corrected chi connectivity index (χ2v) is 7.74. The Morgan fingerprint density at radius 1 is 1.26 bits per heavy atom. The molecule has 1 unspecified atom stereocenters. The molecule has 172 valence electrons. The van der Waals surface area contributed by atoms with Crippen LogP contribution < -0.4 is 10.6 Å². The third-order valence-electron chi connectivity index (χ3n) is 5.34. The highest BCUT2D eigenvalue weighted by Crippen LogP contribution is 2.32. The first kappa shape index (κ1) is 25.8. The molecule has 3 rings (SSSR count). The normalized spacial score (nSPS) is 15.5. The van der Waals surface area contributed by atoms with E-state index in [1.165, 1.54) is 6.07 Å². The van der Waals surface area contributed by atoms with Crippen LogP contribution in [0.25, 0.3) is 0 Å². The van der Waals surface area contributed by atoms with Gasteiger partial charge in [0.15, 0.2) is 5.96 Å². The third kappa shape index (κ3) is 7.01. The summed E-state index contributed by atoms with van der Waals surface area (Å²) in [5.74, 6) is 1.40. The monoisotopic (exact) mass is 563 g/mol. The van der Waals surface area contributed by atoms with Crippen molar-refractivity contribution in [2.75, 3.05) is 32.7 Å². The number of benzene rings is 1. The van der Waals surface area contributed by atoms with Crippen LogP contribution in [-0.2, 0) is 13.0 Å². The lowest BCUT2D eigenvalue weighted by atomic mass is 10.0. The average molecular weight is 564 g/mol. The first-order valence-corrected chi connectivity index (χ1v) is 11.1. The van der Waals surface area contributed by atoms with Crippen molar-refractivity contribution < 1.29 is 4.39 Å². The quantitative estimate of drug-likeness (QED) is 0.277. The molecule has 0 saturated carbocycles. The van der Waals surface area contributed by atoms with Crippen molar-refractivity contribution in [1.82, 2.24) is 30.3 Å². The first-order chi connectivity index (χ1) is 14.6. The van der Waals surface area contributed by atoms with Gasteiger partial charge in [-0.05, 0) is 45.0 Å². The van der Waals surface area contributed by atoms with Crippen LogP contribution in [-0.4, -0.2) is 58.3 Å². The van der Waals surface area contributed by atoms with E-state index in [1.54, 1.807) is 18.5 Å². The summed E-state index contributed by atoms with van der Waals surface area (Å²) in [6.45, 7) is 8.56. The van der Waals surface area contributed by atoms with E-state index >= 15 is 0 Å². The van der Waals surface area contributed by atoms with Crippen LogP contribution in [0.5, 0.6) is 0 Å². The van der Waals surface area contributed by atoms with E-state index in [1.807, 2.05) is 11.5 Å². The maximum Gasteiger partial charge on any atom is 0.191 e. The number of likely N-dealkylation sites (tertiary alicyclic amines) is 1. The molecule has 2 N–H and O–H groups in total. The molecular formula is C21H32ClFIN7. The van der Waals surface area contributed by atoms with Crippen LogP contribution in [0.15, 0.2) is 29.5 Å². The minimum atomic E-state index is -0.271. The van der Waals surface area contributed by atoms with E-state index in [0.29, 0.717) is 29.6 Å². The van der Waals surface area contributed by atoms with Gasteiger partial charge in [0.1, 0.15) is 18.0 Å². The molecule has 2 aromatic rings. The Balaban J connectivity index is 0.00000341. The van der Waals surface area contributed by atoms with Gasteiger partial charge in [-0.3, -0.25) is 9.89 Å². The molecule has 1 atom stereocenters. The lowest BCUT2D eigenvalue weighted by Gasteiger charge is -2.28. The van der Waals surface area contributed by atoms with E-state index in [4.69, 9.17) is 16.6 Å². The SMILES string of the molecule is CCNC(=NCC(c1c(F)cccc1Cl)N1CCCC1)NCCn1cnnc1CC.I. The zero-order valence-electron chi connectivity index (χ0n) is 18.2.